The molecule has 0 radical (unpaired) electrons. The molecule has 2 aliphatic heterocycles. The van der Waals surface area contributed by atoms with Crippen molar-refractivity contribution in [2.24, 2.45) is 0 Å². The molecular formula is C19H26N2O3. The first-order chi connectivity index (χ1) is 11.6. The van der Waals surface area contributed by atoms with E-state index in [9.17, 15) is 9.59 Å². The van der Waals surface area contributed by atoms with E-state index in [-0.39, 0.29) is 17.8 Å². The second-order valence-corrected chi connectivity index (χ2v) is 6.71. The molecule has 0 aliphatic carbocycles. The number of benzene rings is 1. The number of ether oxygens (including phenoxy) is 1. The van der Waals surface area contributed by atoms with E-state index in [1.54, 1.807) is 0 Å². The molecule has 1 aromatic carbocycles. The zero-order valence-corrected chi connectivity index (χ0v) is 14.4. The van der Waals surface area contributed by atoms with Crippen molar-refractivity contribution in [3.05, 3.63) is 35.4 Å². The van der Waals surface area contributed by atoms with Crippen molar-refractivity contribution in [1.29, 1.82) is 0 Å². The number of carbonyl (C=O) groups excluding carboxylic acids is 2. The van der Waals surface area contributed by atoms with Gasteiger partial charge in [-0.05, 0) is 19.8 Å². The van der Waals surface area contributed by atoms with Crippen molar-refractivity contribution in [2.45, 2.75) is 32.3 Å². The predicted molar refractivity (Wildman–Crippen MR) is 92.1 cm³/mol. The molecule has 0 N–H and O–H groups in total. The number of nitrogens with zero attached hydrogens (tertiary/aromatic N) is 2. The molecule has 1 amide bonds. The third-order valence-electron chi connectivity index (χ3n) is 4.92. The van der Waals surface area contributed by atoms with Crippen LogP contribution in [0, 0.1) is 6.92 Å². The van der Waals surface area contributed by atoms with Crippen LogP contribution < -0.4 is 0 Å². The Morgan fingerprint density at radius 2 is 1.83 bits per heavy atom. The number of ketones is 1. The fourth-order valence-electron chi connectivity index (χ4n) is 3.31. The zero-order chi connectivity index (χ0) is 16.9. The second-order valence-electron chi connectivity index (χ2n) is 6.71. The highest BCUT2D eigenvalue weighted by atomic mass is 16.5. The highest BCUT2D eigenvalue weighted by molar-refractivity contribution is 5.96. The van der Waals surface area contributed by atoms with Gasteiger partial charge in [0.15, 0.2) is 5.78 Å². The summed E-state index contributed by atoms with van der Waals surface area (Å²) in [6.45, 7) is 6.62. The van der Waals surface area contributed by atoms with Crippen LogP contribution in [0.25, 0.3) is 0 Å². The fourth-order valence-corrected chi connectivity index (χ4v) is 3.31. The molecule has 2 saturated heterocycles. The molecule has 2 aliphatic rings. The van der Waals surface area contributed by atoms with Crippen LogP contribution in [0.2, 0.25) is 0 Å². The molecule has 24 heavy (non-hydrogen) atoms. The lowest BCUT2D eigenvalue weighted by atomic mass is 10.1. The summed E-state index contributed by atoms with van der Waals surface area (Å²) < 4.78 is 5.48. The van der Waals surface area contributed by atoms with Crippen molar-refractivity contribution in [3.63, 3.8) is 0 Å². The van der Waals surface area contributed by atoms with E-state index in [0.717, 1.165) is 51.1 Å². The largest absolute Gasteiger partial charge is 0.368 e. The van der Waals surface area contributed by atoms with Gasteiger partial charge in [-0.3, -0.25) is 14.5 Å². The number of carbonyl (C=O) groups is 2. The van der Waals surface area contributed by atoms with Crippen LogP contribution in [0.3, 0.4) is 0 Å². The first-order valence-electron chi connectivity index (χ1n) is 8.86. The molecule has 1 atom stereocenters. The molecule has 130 valence electrons. The number of piperazine rings is 1. The highest BCUT2D eigenvalue weighted by Gasteiger charge is 2.30. The first kappa shape index (κ1) is 17.1. The maximum atomic E-state index is 12.3. The molecule has 0 saturated carbocycles. The van der Waals surface area contributed by atoms with Crippen LogP contribution in [0.15, 0.2) is 24.3 Å². The molecule has 5 nitrogen and oxygen atoms in total. The molecule has 0 spiro atoms. The molecule has 2 heterocycles. The van der Waals surface area contributed by atoms with Gasteiger partial charge in [0.25, 0.3) is 5.91 Å². The Balaban J connectivity index is 1.41. The predicted octanol–water partition coefficient (Wildman–Crippen LogP) is 1.89. The lowest BCUT2D eigenvalue weighted by Crippen LogP contribution is -2.51. The van der Waals surface area contributed by atoms with E-state index >= 15 is 0 Å². The molecule has 3 rings (SSSR count). The van der Waals surface area contributed by atoms with Gasteiger partial charge in [-0.25, -0.2) is 0 Å². The maximum Gasteiger partial charge on any atom is 0.251 e. The summed E-state index contributed by atoms with van der Waals surface area (Å²) in [4.78, 5) is 28.7. The van der Waals surface area contributed by atoms with E-state index in [0.29, 0.717) is 13.0 Å². The zero-order valence-electron chi connectivity index (χ0n) is 14.4. The van der Waals surface area contributed by atoms with E-state index in [2.05, 4.69) is 4.90 Å². The van der Waals surface area contributed by atoms with Crippen LogP contribution in [-0.2, 0) is 9.53 Å². The van der Waals surface area contributed by atoms with Crippen LogP contribution >= 0.6 is 0 Å². The van der Waals surface area contributed by atoms with Gasteiger partial charge < -0.3 is 9.64 Å². The maximum absolute atomic E-state index is 12.3. The van der Waals surface area contributed by atoms with E-state index in [4.69, 9.17) is 4.74 Å². The van der Waals surface area contributed by atoms with Gasteiger partial charge in [0, 0.05) is 51.3 Å². The normalized spacial score (nSPS) is 21.9. The summed E-state index contributed by atoms with van der Waals surface area (Å²) in [5.74, 6) is 0.329. The van der Waals surface area contributed by atoms with Gasteiger partial charge in [-0.1, -0.05) is 29.8 Å². The number of aryl methyl sites for hydroxylation is 1. The van der Waals surface area contributed by atoms with Gasteiger partial charge in [0.05, 0.1) is 0 Å². The smallest absolute Gasteiger partial charge is 0.251 e. The minimum absolute atomic E-state index is 0.142. The number of hydrogen-bond donors (Lipinski definition) is 0. The van der Waals surface area contributed by atoms with Gasteiger partial charge >= 0.3 is 0 Å². The monoisotopic (exact) mass is 330 g/mol. The Morgan fingerprint density at radius 3 is 2.46 bits per heavy atom. The Morgan fingerprint density at radius 1 is 1.12 bits per heavy atom. The van der Waals surface area contributed by atoms with Gasteiger partial charge in [0.2, 0.25) is 0 Å². The van der Waals surface area contributed by atoms with Crippen LogP contribution in [0.4, 0.5) is 0 Å². The molecule has 1 unspecified atom stereocenters. The number of amides is 1. The fraction of sp³-hybridized carbons (Fsp3) is 0.579. The molecule has 5 heteroatoms. The Bertz CT molecular complexity index is 571. The van der Waals surface area contributed by atoms with Crippen molar-refractivity contribution >= 4 is 11.7 Å². The summed E-state index contributed by atoms with van der Waals surface area (Å²) in [5.41, 5.74) is 1.95. The van der Waals surface area contributed by atoms with E-state index in [1.807, 2.05) is 36.1 Å². The minimum Gasteiger partial charge on any atom is -0.368 e. The van der Waals surface area contributed by atoms with Gasteiger partial charge in [-0.15, -0.1) is 0 Å². The summed E-state index contributed by atoms with van der Waals surface area (Å²) in [5, 5.41) is 0. The quantitative estimate of drug-likeness (QED) is 0.774. The molecule has 0 aromatic heterocycles. The molecule has 1 aromatic rings. The molecular weight excluding hydrogens is 304 g/mol. The third kappa shape index (κ3) is 4.22. The highest BCUT2D eigenvalue weighted by Crippen LogP contribution is 2.16. The standard InChI is InChI=1S/C19H26N2O3/c1-15-4-6-16(7-5-15)17(22)8-9-20-10-12-21(13-11-20)19(23)18-3-2-14-24-18/h4-7,18H,2-3,8-14H2,1H3. The molecule has 0 bridgehead atoms. The number of Topliss-reactive ketones (excluding diaryl/α,β-unsaturated/α-hetero) is 1. The average Bonchev–Trinajstić information content (AvgIpc) is 3.15. The van der Waals surface area contributed by atoms with Crippen LogP contribution in [0.5, 0.6) is 0 Å². The second kappa shape index (κ2) is 7.90. The summed E-state index contributed by atoms with van der Waals surface area (Å²) in [7, 11) is 0. The third-order valence-corrected chi connectivity index (χ3v) is 4.92. The van der Waals surface area contributed by atoms with E-state index in [1.165, 1.54) is 5.56 Å². The van der Waals surface area contributed by atoms with Crippen LogP contribution in [0.1, 0.15) is 35.2 Å². The minimum atomic E-state index is -0.223. The molecule has 2 fully saturated rings. The van der Waals surface area contributed by atoms with Gasteiger partial charge in [-0.2, -0.15) is 0 Å². The van der Waals surface area contributed by atoms with Crippen molar-refractivity contribution in [2.75, 3.05) is 39.3 Å². The summed E-state index contributed by atoms with van der Waals surface area (Å²) in [6, 6.07) is 7.75. The average molecular weight is 330 g/mol. The van der Waals surface area contributed by atoms with Gasteiger partial charge in [0.1, 0.15) is 6.10 Å². The lowest BCUT2D eigenvalue weighted by molar-refractivity contribution is -0.142. The number of hydrogen-bond acceptors (Lipinski definition) is 4. The Kier molecular flexibility index (Phi) is 5.63. The summed E-state index contributed by atoms with van der Waals surface area (Å²) in [6.07, 6.45) is 2.14. The van der Waals surface area contributed by atoms with Crippen LogP contribution in [-0.4, -0.2) is 66.9 Å². The number of rotatable bonds is 5. The van der Waals surface area contributed by atoms with Crippen molar-refractivity contribution in [3.8, 4) is 0 Å². The van der Waals surface area contributed by atoms with Crippen molar-refractivity contribution < 1.29 is 14.3 Å². The first-order valence-corrected chi connectivity index (χ1v) is 8.86. The van der Waals surface area contributed by atoms with Crippen molar-refractivity contribution in [1.82, 2.24) is 9.80 Å². The Hall–Kier alpha value is -1.72. The van der Waals surface area contributed by atoms with E-state index < -0.39 is 0 Å². The SMILES string of the molecule is Cc1ccc(C(=O)CCN2CCN(C(=O)C3CCCO3)CC2)cc1. The lowest BCUT2D eigenvalue weighted by Gasteiger charge is -2.35. The Labute approximate surface area is 143 Å². The summed E-state index contributed by atoms with van der Waals surface area (Å²) >= 11 is 0. The topological polar surface area (TPSA) is 49.9 Å².